The van der Waals surface area contributed by atoms with Crippen LogP contribution in [-0.2, 0) is 4.79 Å². The van der Waals surface area contributed by atoms with Crippen molar-refractivity contribution in [1.29, 1.82) is 0 Å². The molecule has 0 aliphatic rings. The minimum Gasteiger partial charge on any atom is -0.495 e. The summed E-state index contributed by atoms with van der Waals surface area (Å²) in [6.45, 7) is 3.64. The normalized spacial score (nSPS) is 11.7. The molecule has 1 aromatic carbocycles. The predicted molar refractivity (Wildman–Crippen MR) is 92.1 cm³/mol. The molecule has 0 fully saturated rings. The van der Waals surface area contributed by atoms with Gasteiger partial charge in [0.2, 0.25) is 5.91 Å². The number of amides is 1. The molecule has 2 rings (SSSR count). The SMILES string of the molecule is CC[C@@H](Nc1cc(Cl)c(OC)cc1OC)C(=O)Nc1cc(C)on1. The van der Waals surface area contributed by atoms with E-state index in [1.165, 1.54) is 14.2 Å². The molecule has 1 heterocycles. The lowest BCUT2D eigenvalue weighted by Gasteiger charge is -2.20. The van der Waals surface area contributed by atoms with Crippen molar-refractivity contribution in [3.63, 3.8) is 0 Å². The summed E-state index contributed by atoms with van der Waals surface area (Å²) >= 11 is 6.15. The average molecular weight is 354 g/mol. The molecule has 2 aromatic rings. The fourth-order valence-electron chi connectivity index (χ4n) is 2.15. The number of halogens is 1. The summed E-state index contributed by atoms with van der Waals surface area (Å²) < 4.78 is 15.4. The number of hydrogen-bond acceptors (Lipinski definition) is 6. The van der Waals surface area contributed by atoms with Crippen molar-refractivity contribution in [2.24, 2.45) is 0 Å². The van der Waals surface area contributed by atoms with Gasteiger partial charge in [-0.05, 0) is 19.4 Å². The van der Waals surface area contributed by atoms with Crippen molar-refractivity contribution in [3.05, 3.63) is 29.0 Å². The van der Waals surface area contributed by atoms with E-state index in [1.807, 2.05) is 6.92 Å². The number of ether oxygens (including phenoxy) is 2. The number of rotatable bonds is 7. The third-order valence-corrected chi connectivity index (χ3v) is 3.70. The molecule has 130 valence electrons. The Morgan fingerprint density at radius 1 is 1.29 bits per heavy atom. The van der Waals surface area contributed by atoms with E-state index in [1.54, 1.807) is 25.1 Å². The van der Waals surface area contributed by atoms with Gasteiger partial charge in [-0.2, -0.15) is 0 Å². The van der Waals surface area contributed by atoms with Crippen molar-refractivity contribution < 1.29 is 18.8 Å². The van der Waals surface area contributed by atoms with E-state index in [9.17, 15) is 4.79 Å². The van der Waals surface area contributed by atoms with Gasteiger partial charge < -0.3 is 24.6 Å². The van der Waals surface area contributed by atoms with E-state index in [4.69, 9.17) is 25.6 Å². The van der Waals surface area contributed by atoms with Crippen LogP contribution in [0.4, 0.5) is 11.5 Å². The van der Waals surface area contributed by atoms with Gasteiger partial charge in [-0.1, -0.05) is 23.7 Å². The number of carbonyl (C=O) groups excluding carboxylic acids is 1. The molecule has 1 amide bonds. The van der Waals surface area contributed by atoms with Crippen LogP contribution in [0.15, 0.2) is 22.7 Å². The maximum Gasteiger partial charge on any atom is 0.248 e. The lowest BCUT2D eigenvalue weighted by atomic mass is 10.1. The first-order chi connectivity index (χ1) is 11.5. The van der Waals surface area contributed by atoms with Gasteiger partial charge in [0.15, 0.2) is 5.82 Å². The third kappa shape index (κ3) is 4.11. The maximum atomic E-state index is 12.4. The first-order valence-electron chi connectivity index (χ1n) is 7.40. The fourth-order valence-corrected chi connectivity index (χ4v) is 2.39. The standard InChI is InChI=1S/C16H20ClN3O4/c1-5-11(16(21)19-15-6-9(2)24-20-15)18-12-7-10(17)13(22-3)8-14(12)23-4/h6-8,11,18H,5H2,1-4H3,(H,19,20,21)/t11-/m1/s1. The van der Waals surface area contributed by atoms with Crippen molar-refractivity contribution in [2.45, 2.75) is 26.3 Å². The number of nitrogens with zero attached hydrogens (tertiary/aromatic N) is 1. The smallest absolute Gasteiger partial charge is 0.248 e. The van der Waals surface area contributed by atoms with Gasteiger partial charge in [0, 0.05) is 12.1 Å². The number of hydrogen-bond donors (Lipinski definition) is 2. The van der Waals surface area contributed by atoms with Crippen molar-refractivity contribution in [2.75, 3.05) is 24.9 Å². The average Bonchev–Trinajstić information content (AvgIpc) is 2.97. The summed E-state index contributed by atoms with van der Waals surface area (Å²) in [6.07, 6.45) is 0.551. The highest BCUT2D eigenvalue weighted by atomic mass is 35.5. The van der Waals surface area contributed by atoms with Crippen LogP contribution in [0.1, 0.15) is 19.1 Å². The highest BCUT2D eigenvalue weighted by Crippen LogP contribution is 2.36. The summed E-state index contributed by atoms with van der Waals surface area (Å²) in [5.41, 5.74) is 0.599. The van der Waals surface area contributed by atoms with Gasteiger partial charge in [0.25, 0.3) is 0 Å². The maximum absolute atomic E-state index is 12.4. The number of carbonyl (C=O) groups is 1. The van der Waals surface area contributed by atoms with E-state index in [-0.39, 0.29) is 5.91 Å². The molecule has 1 aromatic heterocycles. The van der Waals surface area contributed by atoms with Gasteiger partial charge in [-0.15, -0.1) is 0 Å². The second-order valence-corrected chi connectivity index (χ2v) is 5.51. The lowest BCUT2D eigenvalue weighted by molar-refractivity contribution is -0.117. The van der Waals surface area contributed by atoms with Crippen LogP contribution in [-0.4, -0.2) is 31.3 Å². The highest BCUT2D eigenvalue weighted by Gasteiger charge is 2.20. The van der Waals surface area contributed by atoms with E-state index in [2.05, 4.69) is 15.8 Å². The van der Waals surface area contributed by atoms with Crippen LogP contribution in [0, 0.1) is 6.92 Å². The molecule has 0 spiro atoms. The Hall–Kier alpha value is -2.41. The molecular formula is C16H20ClN3O4. The number of aromatic nitrogens is 1. The van der Waals surface area contributed by atoms with E-state index < -0.39 is 6.04 Å². The first kappa shape index (κ1) is 17.9. The van der Waals surface area contributed by atoms with Crippen molar-refractivity contribution >= 4 is 29.0 Å². The summed E-state index contributed by atoms with van der Waals surface area (Å²) in [6, 6.07) is 4.47. The van der Waals surface area contributed by atoms with Gasteiger partial charge >= 0.3 is 0 Å². The topological polar surface area (TPSA) is 85.6 Å². The quantitative estimate of drug-likeness (QED) is 0.792. The Balaban J connectivity index is 2.17. The summed E-state index contributed by atoms with van der Waals surface area (Å²) in [7, 11) is 3.06. The second-order valence-electron chi connectivity index (χ2n) is 5.10. The Morgan fingerprint density at radius 2 is 2.00 bits per heavy atom. The molecule has 0 radical (unpaired) electrons. The van der Waals surface area contributed by atoms with E-state index in [0.717, 1.165) is 0 Å². The third-order valence-electron chi connectivity index (χ3n) is 3.41. The van der Waals surface area contributed by atoms with Crippen LogP contribution in [0.2, 0.25) is 5.02 Å². The molecule has 0 aliphatic heterocycles. The molecular weight excluding hydrogens is 334 g/mol. The predicted octanol–water partition coefficient (Wildman–Crippen LogP) is 3.48. The molecule has 7 nitrogen and oxygen atoms in total. The molecule has 1 atom stereocenters. The zero-order valence-electron chi connectivity index (χ0n) is 14.0. The van der Waals surface area contributed by atoms with Crippen LogP contribution in [0.3, 0.4) is 0 Å². The largest absolute Gasteiger partial charge is 0.495 e. The minimum absolute atomic E-state index is 0.236. The molecule has 24 heavy (non-hydrogen) atoms. The molecule has 2 N–H and O–H groups in total. The summed E-state index contributed by atoms with van der Waals surface area (Å²) in [5, 5.41) is 10.0. The van der Waals surface area contributed by atoms with Crippen LogP contribution in [0.25, 0.3) is 0 Å². The number of nitrogens with one attached hydrogen (secondary N) is 2. The molecule has 0 saturated carbocycles. The summed E-state index contributed by atoms with van der Waals surface area (Å²) in [5.74, 6) is 1.78. The van der Waals surface area contributed by atoms with Crippen molar-refractivity contribution in [3.8, 4) is 11.5 Å². The fraction of sp³-hybridized carbons (Fsp3) is 0.375. The molecule has 0 aliphatic carbocycles. The number of methoxy groups -OCH3 is 2. The molecule has 0 unspecified atom stereocenters. The van der Waals surface area contributed by atoms with E-state index >= 15 is 0 Å². The van der Waals surface area contributed by atoms with Crippen LogP contribution < -0.4 is 20.1 Å². The number of anilines is 2. The summed E-state index contributed by atoms with van der Waals surface area (Å²) in [4.78, 5) is 12.4. The number of aryl methyl sites for hydroxylation is 1. The zero-order valence-corrected chi connectivity index (χ0v) is 14.7. The Kier molecular flexibility index (Phi) is 5.92. The Labute approximate surface area is 145 Å². The van der Waals surface area contributed by atoms with Gasteiger partial charge in [0.1, 0.15) is 23.3 Å². The molecule has 0 saturated heterocycles. The second kappa shape index (κ2) is 7.92. The zero-order chi connectivity index (χ0) is 17.7. The number of benzene rings is 1. The molecule has 0 bridgehead atoms. The van der Waals surface area contributed by atoms with Crippen LogP contribution >= 0.6 is 11.6 Å². The minimum atomic E-state index is -0.500. The van der Waals surface area contributed by atoms with Gasteiger partial charge in [-0.25, -0.2) is 0 Å². The lowest BCUT2D eigenvalue weighted by Crippen LogP contribution is -2.34. The Morgan fingerprint density at radius 3 is 2.54 bits per heavy atom. The highest BCUT2D eigenvalue weighted by molar-refractivity contribution is 6.32. The van der Waals surface area contributed by atoms with Gasteiger partial charge in [0.05, 0.1) is 24.9 Å². The Bertz CT molecular complexity index is 717. The first-order valence-corrected chi connectivity index (χ1v) is 7.78. The monoisotopic (exact) mass is 353 g/mol. The van der Waals surface area contributed by atoms with Crippen molar-refractivity contribution in [1.82, 2.24) is 5.16 Å². The van der Waals surface area contributed by atoms with E-state index in [0.29, 0.717) is 40.2 Å². The molecule has 8 heteroatoms. The van der Waals surface area contributed by atoms with Crippen LogP contribution in [0.5, 0.6) is 11.5 Å². The van der Waals surface area contributed by atoms with Gasteiger partial charge in [-0.3, -0.25) is 4.79 Å².